The Balaban J connectivity index is 2.62. The summed E-state index contributed by atoms with van der Waals surface area (Å²) in [5.41, 5.74) is 2.55. The maximum Gasteiger partial charge on any atom is 0.236 e. The maximum absolute atomic E-state index is 11.7. The van der Waals surface area contributed by atoms with Crippen LogP contribution in [0.1, 0.15) is 57.7 Å². The lowest BCUT2D eigenvalue weighted by molar-refractivity contribution is -0.122. The number of carbonyl (C=O) groups is 1. The van der Waals surface area contributed by atoms with Crippen LogP contribution in [0.2, 0.25) is 0 Å². The van der Waals surface area contributed by atoms with E-state index >= 15 is 0 Å². The molecule has 0 radical (unpaired) electrons. The van der Waals surface area contributed by atoms with Crippen LogP contribution >= 0.6 is 0 Å². The van der Waals surface area contributed by atoms with Crippen molar-refractivity contribution in [3.63, 3.8) is 0 Å². The SMILES string of the molecule is CCNC(=O)C(C)NC(C)c1ccc(C(C)C)cc1. The van der Waals surface area contributed by atoms with Crippen LogP contribution in [-0.2, 0) is 4.79 Å². The van der Waals surface area contributed by atoms with Gasteiger partial charge < -0.3 is 5.32 Å². The molecule has 106 valence electrons. The molecule has 0 aromatic heterocycles. The second-order valence-corrected chi connectivity index (χ2v) is 5.33. The van der Waals surface area contributed by atoms with Gasteiger partial charge in [0.15, 0.2) is 0 Å². The van der Waals surface area contributed by atoms with E-state index in [1.54, 1.807) is 0 Å². The average Bonchev–Trinajstić information content (AvgIpc) is 2.38. The van der Waals surface area contributed by atoms with Crippen LogP contribution in [0.4, 0.5) is 0 Å². The summed E-state index contributed by atoms with van der Waals surface area (Å²) in [5.74, 6) is 0.597. The van der Waals surface area contributed by atoms with Crippen molar-refractivity contribution in [3.05, 3.63) is 35.4 Å². The van der Waals surface area contributed by atoms with E-state index in [4.69, 9.17) is 0 Å². The van der Waals surface area contributed by atoms with Gasteiger partial charge in [-0.25, -0.2) is 0 Å². The summed E-state index contributed by atoms with van der Waals surface area (Å²) in [4.78, 5) is 11.7. The first-order valence-corrected chi connectivity index (χ1v) is 7.09. The second-order valence-electron chi connectivity index (χ2n) is 5.33. The summed E-state index contributed by atoms with van der Waals surface area (Å²) < 4.78 is 0. The molecule has 1 rings (SSSR count). The molecule has 0 heterocycles. The first kappa shape index (κ1) is 15.7. The van der Waals surface area contributed by atoms with E-state index in [0.717, 1.165) is 0 Å². The number of nitrogens with one attached hydrogen (secondary N) is 2. The Bertz CT molecular complexity index is 398. The van der Waals surface area contributed by atoms with E-state index in [-0.39, 0.29) is 18.0 Å². The van der Waals surface area contributed by atoms with Crippen molar-refractivity contribution >= 4 is 5.91 Å². The summed E-state index contributed by atoms with van der Waals surface area (Å²) in [7, 11) is 0. The molecule has 19 heavy (non-hydrogen) atoms. The Morgan fingerprint density at radius 3 is 2.05 bits per heavy atom. The normalized spacial score (nSPS) is 14.2. The lowest BCUT2D eigenvalue weighted by Gasteiger charge is -2.20. The fourth-order valence-corrected chi connectivity index (χ4v) is 2.04. The lowest BCUT2D eigenvalue weighted by Crippen LogP contribution is -2.43. The van der Waals surface area contributed by atoms with E-state index in [1.165, 1.54) is 11.1 Å². The van der Waals surface area contributed by atoms with Gasteiger partial charge in [0.05, 0.1) is 6.04 Å². The van der Waals surface area contributed by atoms with Crippen LogP contribution < -0.4 is 10.6 Å². The molecular weight excluding hydrogens is 236 g/mol. The fraction of sp³-hybridized carbons (Fsp3) is 0.562. The van der Waals surface area contributed by atoms with Crippen molar-refractivity contribution in [2.75, 3.05) is 6.54 Å². The zero-order valence-corrected chi connectivity index (χ0v) is 12.7. The van der Waals surface area contributed by atoms with Gasteiger partial charge in [-0.15, -0.1) is 0 Å². The van der Waals surface area contributed by atoms with Gasteiger partial charge in [-0.05, 0) is 37.8 Å². The second kappa shape index (κ2) is 7.29. The van der Waals surface area contributed by atoms with Gasteiger partial charge >= 0.3 is 0 Å². The van der Waals surface area contributed by atoms with Crippen molar-refractivity contribution in [1.29, 1.82) is 0 Å². The minimum absolute atomic E-state index is 0.0492. The van der Waals surface area contributed by atoms with Gasteiger partial charge in [-0.3, -0.25) is 10.1 Å². The average molecular weight is 262 g/mol. The third-order valence-electron chi connectivity index (χ3n) is 3.35. The van der Waals surface area contributed by atoms with Crippen LogP contribution in [0.25, 0.3) is 0 Å². The van der Waals surface area contributed by atoms with Crippen molar-refractivity contribution in [2.24, 2.45) is 0 Å². The Morgan fingerprint density at radius 1 is 1.05 bits per heavy atom. The number of hydrogen-bond donors (Lipinski definition) is 2. The summed E-state index contributed by atoms with van der Waals surface area (Å²) in [6.45, 7) is 11.0. The number of benzene rings is 1. The molecule has 2 atom stereocenters. The van der Waals surface area contributed by atoms with Crippen LogP contribution in [0.15, 0.2) is 24.3 Å². The predicted octanol–water partition coefficient (Wildman–Crippen LogP) is 2.99. The molecule has 1 aromatic carbocycles. The summed E-state index contributed by atoms with van der Waals surface area (Å²) >= 11 is 0. The van der Waals surface area contributed by atoms with Crippen LogP contribution in [0.3, 0.4) is 0 Å². The standard InChI is InChI=1S/C16H26N2O/c1-6-17-16(19)13(5)18-12(4)15-9-7-14(8-10-15)11(2)3/h7-13,18H,6H2,1-5H3,(H,17,19). The van der Waals surface area contributed by atoms with Crippen LogP contribution in [0, 0.1) is 0 Å². The molecule has 0 aliphatic carbocycles. The maximum atomic E-state index is 11.7. The zero-order valence-electron chi connectivity index (χ0n) is 12.7. The van der Waals surface area contributed by atoms with E-state index in [9.17, 15) is 4.79 Å². The van der Waals surface area contributed by atoms with Gasteiger partial charge in [-0.2, -0.15) is 0 Å². The van der Waals surface area contributed by atoms with Gasteiger partial charge in [0.1, 0.15) is 0 Å². The smallest absolute Gasteiger partial charge is 0.236 e. The van der Waals surface area contributed by atoms with Gasteiger partial charge in [-0.1, -0.05) is 38.1 Å². The summed E-state index contributed by atoms with van der Waals surface area (Å²) in [6.07, 6.45) is 0. The van der Waals surface area contributed by atoms with E-state index in [0.29, 0.717) is 12.5 Å². The molecule has 2 N–H and O–H groups in total. The molecule has 3 nitrogen and oxygen atoms in total. The first-order chi connectivity index (χ1) is 8.95. The molecular formula is C16H26N2O. The predicted molar refractivity (Wildman–Crippen MR) is 80.2 cm³/mol. The van der Waals surface area contributed by atoms with Gasteiger partial charge in [0.25, 0.3) is 0 Å². The Labute approximate surface area is 116 Å². The minimum Gasteiger partial charge on any atom is -0.355 e. The molecule has 1 aromatic rings. The van der Waals surface area contributed by atoms with Crippen molar-refractivity contribution in [3.8, 4) is 0 Å². The molecule has 0 saturated carbocycles. The first-order valence-electron chi connectivity index (χ1n) is 7.09. The quantitative estimate of drug-likeness (QED) is 0.827. The minimum atomic E-state index is -0.181. The largest absolute Gasteiger partial charge is 0.355 e. The molecule has 0 bridgehead atoms. The molecule has 0 fully saturated rings. The van der Waals surface area contributed by atoms with E-state index in [1.807, 2.05) is 13.8 Å². The highest BCUT2D eigenvalue weighted by Crippen LogP contribution is 2.18. The zero-order chi connectivity index (χ0) is 14.4. The summed E-state index contributed by atoms with van der Waals surface area (Å²) in [5, 5.41) is 6.14. The number of carbonyl (C=O) groups excluding carboxylic acids is 1. The highest BCUT2D eigenvalue weighted by Gasteiger charge is 2.15. The van der Waals surface area contributed by atoms with Crippen LogP contribution in [-0.4, -0.2) is 18.5 Å². The molecule has 0 spiro atoms. The third-order valence-corrected chi connectivity index (χ3v) is 3.35. The molecule has 0 aliphatic heterocycles. The third kappa shape index (κ3) is 4.67. The molecule has 2 unspecified atom stereocenters. The Kier molecular flexibility index (Phi) is 6.03. The highest BCUT2D eigenvalue weighted by molar-refractivity contribution is 5.81. The molecule has 0 saturated heterocycles. The van der Waals surface area contributed by atoms with Crippen molar-refractivity contribution in [1.82, 2.24) is 10.6 Å². The van der Waals surface area contributed by atoms with Crippen molar-refractivity contribution < 1.29 is 4.79 Å². The fourth-order valence-electron chi connectivity index (χ4n) is 2.04. The van der Waals surface area contributed by atoms with Gasteiger partial charge in [0.2, 0.25) is 5.91 Å². The van der Waals surface area contributed by atoms with Crippen LogP contribution in [0.5, 0.6) is 0 Å². The molecule has 0 aliphatic rings. The number of hydrogen-bond acceptors (Lipinski definition) is 2. The Morgan fingerprint density at radius 2 is 1.58 bits per heavy atom. The number of amides is 1. The lowest BCUT2D eigenvalue weighted by atomic mass is 9.99. The van der Waals surface area contributed by atoms with Gasteiger partial charge in [0, 0.05) is 12.6 Å². The topological polar surface area (TPSA) is 41.1 Å². The summed E-state index contributed by atoms with van der Waals surface area (Å²) in [6, 6.07) is 8.58. The Hall–Kier alpha value is -1.35. The van der Waals surface area contributed by atoms with E-state index < -0.39 is 0 Å². The molecule has 1 amide bonds. The molecule has 3 heteroatoms. The number of rotatable bonds is 6. The number of likely N-dealkylation sites (N-methyl/N-ethyl adjacent to an activating group) is 1. The van der Waals surface area contributed by atoms with Crippen molar-refractivity contribution in [2.45, 2.75) is 52.6 Å². The monoisotopic (exact) mass is 262 g/mol. The highest BCUT2D eigenvalue weighted by atomic mass is 16.2. The van der Waals surface area contributed by atoms with E-state index in [2.05, 4.69) is 55.7 Å².